The van der Waals surface area contributed by atoms with Gasteiger partial charge >= 0.3 is 0 Å². The average molecular weight is 303 g/mol. The Kier molecular flexibility index (Phi) is 4.89. The second-order valence-electron chi connectivity index (χ2n) is 3.66. The van der Waals surface area contributed by atoms with Gasteiger partial charge in [0.05, 0.1) is 0 Å². The topological polar surface area (TPSA) is 26.0 Å². The molecule has 0 radical (unpaired) electrons. The fourth-order valence-corrected chi connectivity index (χ4v) is 2.35. The molecule has 0 spiro atoms. The second kappa shape index (κ2) is 5.71. The molecule has 1 unspecified atom stereocenters. The number of hydrogen-bond acceptors (Lipinski definition) is 1. The molecule has 0 saturated carbocycles. The van der Waals surface area contributed by atoms with Crippen LogP contribution in [0.5, 0.6) is 0 Å². The average Bonchev–Trinajstić information content (AvgIpc) is 2.19. The Morgan fingerprint density at radius 2 is 1.93 bits per heavy atom. The molecule has 78 valence electrons. The van der Waals surface area contributed by atoms with Crippen LogP contribution in [0.15, 0.2) is 24.3 Å². The lowest BCUT2D eigenvalue weighted by Crippen LogP contribution is -2.20. The molecular formula is C12H18IN. The molecule has 1 nitrogen and oxygen atoms in total. The molecular weight excluding hydrogens is 285 g/mol. The van der Waals surface area contributed by atoms with E-state index in [1.807, 2.05) is 0 Å². The summed E-state index contributed by atoms with van der Waals surface area (Å²) in [6, 6.07) is 8.69. The zero-order valence-electron chi connectivity index (χ0n) is 8.83. The monoisotopic (exact) mass is 303 g/mol. The van der Waals surface area contributed by atoms with Crippen molar-refractivity contribution in [1.82, 2.24) is 0 Å². The third kappa shape index (κ3) is 2.95. The van der Waals surface area contributed by atoms with Crippen LogP contribution in [0.1, 0.15) is 38.3 Å². The molecule has 14 heavy (non-hydrogen) atoms. The highest BCUT2D eigenvalue weighted by Gasteiger charge is 2.15. The Hall–Kier alpha value is -0.0900. The molecule has 0 fully saturated rings. The molecule has 1 aromatic rings. The summed E-state index contributed by atoms with van der Waals surface area (Å²) in [5, 5.41) is 0. The van der Waals surface area contributed by atoms with Crippen LogP contribution < -0.4 is 5.73 Å². The molecule has 0 aliphatic rings. The van der Waals surface area contributed by atoms with E-state index < -0.39 is 0 Å². The van der Waals surface area contributed by atoms with E-state index in [1.54, 1.807) is 0 Å². The number of nitrogens with two attached hydrogens (primary N) is 1. The van der Waals surface area contributed by atoms with Gasteiger partial charge < -0.3 is 5.73 Å². The van der Waals surface area contributed by atoms with E-state index in [0.717, 1.165) is 12.8 Å². The molecule has 2 N–H and O–H groups in total. The third-order valence-corrected chi connectivity index (χ3v) is 3.46. The Morgan fingerprint density at radius 1 is 1.29 bits per heavy atom. The minimum absolute atomic E-state index is 0.194. The smallest absolute Gasteiger partial charge is 0.0323 e. The maximum Gasteiger partial charge on any atom is 0.0323 e. The number of halogens is 1. The molecule has 1 aromatic carbocycles. The number of rotatable bonds is 4. The summed E-state index contributed by atoms with van der Waals surface area (Å²) in [7, 11) is 0. The van der Waals surface area contributed by atoms with Crippen molar-refractivity contribution in [2.24, 2.45) is 11.7 Å². The molecule has 0 amide bonds. The van der Waals surface area contributed by atoms with Crippen molar-refractivity contribution in [1.29, 1.82) is 0 Å². The minimum atomic E-state index is 0.194. The predicted molar refractivity (Wildman–Crippen MR) is 70.2 cm³/mol. The van der Waals surface area contributed by atoms with Crippen LogP contribution in [0.3, 0.4) is 0 Å². The highest BCUT2D eigenvalue weighted by molar-refractivity contribution is 14.1. The van der Waals surface area contributed by atoms with Crippen LogP contribution in [-0.2, 0) is 0 Å². The van der Waals surface area contributed by atoms with Crippen LogP contribution in [0.25, 0.3) is 0 Å². The summed E-state index contributed by atoms with van der Waals surface area (Å²) < 4.78 is 1.27. The molecule has 0 aromatic heterocycles. The highest BCUT2D eigenvalue weighted by Crippen LogP contribution is 2.25. The van der Waals surface area contributed by atoms with Crippen molar-refractivity contribution in [3.05, 3.63) is 33.4 Å². The van der Waals surface area contributed by atoms with Gasteiger partial charge in [-0.3, -0.25) is 0 Å². The first kappa shape index (κ1) is 12.0. The van der Waals surface area contributed by atoms with Crippen molar-refractivity contribution in [2.75, 3.05) is 0 Å². The molecule has 0 bridgehead atoms. The maximum atomic E-state index is 6.23. The van der Waals surface area contributed by atoms with Gasteiger partial charge in [-0.25, -0.2) is 0 Å². The lowest BCUT2D eigenvalue weighted by Gasteiger charge is -2.21. The van der Waals surface area contributed by atoms with Crippen LogP contribution >= 0.6 is 22.6 Å². The van der Waals surface area contributed by atoms with Crippen LogP contribution in [0, 0.1) is 9.49 Å². The van der Waals surface area contributed by atoms with E-state index in [0.29, 0.717) is 5.92 Å². The van der Waals surface area contributed by atoms with Gasteiger partial charge in [0.1, 0.15) is 0 Å². The van der Waals surface area contributed by atoms with Gasteiger partial charge in [-0.1, -0.05) is 38.8 Å². The Balaban J connectivity index is 2.82. The van der Waals surface area contributed by atoms with Gasteiger partial charge in [0.25, 0.3) is 0 Å². The summed E-state index contributed by atoms with van der Waals surface area (Å²) in [6.45, 7) is 4.42. The van der Waals surface area contributed by atoms with Crippen molar-refractivity contribution >= 4 is 22.6 Å². The van der Waals surface area contributed by atoms with Gasteiger partial charge in [-0.05, 0) is 46.2 Å². The van der Waals surface area contributed by atoms with Crippen molar-refractivity contribution < 1.29 is 0 Å². The summed E-state index contributed by atoms with van der Waals surface area (Å²) in [5.41, 5.74) is 7.49. The first-order chi connectivity index (χ1) is 6.69. The Bertz CT molecular complexity index is 281. The van der Waals surface area contributed by atoms with E-state index in [9.17, 15) is 0 Å². The fourth-order valence-electron chi connectivity index (χ4n) is 1.78. The SMILES string of the molecule is CCC(CC)C(N)c1cccc(I)c1. The molecule has 0 saturated heterocycles. The van der Waals surface area contributed by atoms with E-state index >= 15 is 0 Å². The molecule has 0 aliphatic heterocycles. The predicted octanol–water partition coefficient (Wildman–Crippen LogP) is 3.73. The number of hydrogen-bond donors (Lipinski definition) is 1. The van der Waals surface area contributed by atoms with Crippen molar-refractivity contribution in [2.45, 2.75) is 32.7 Å². The summed E-state index contributed by atoms with van der Waals surface area (Å²) in [6.07, 6.45) is 2.31. The zero-order chi connectivity index (χ0) is 10.6. The van der Waals surface area contributed by atoms with E-state index in [4.69, 9.17) is 5.73 Å². The molecule has 1 rings (SSSR count). The lowest BCUT2D eigenvalue weighted by atomic mass is 9.90. The van der Waals surface area contributed by atoms with Crippen LogP contribution in [-0.4, -0.2) is 0 Å². The lowest BCUT2D eigenvalue weighted by molar-refractivity contribution is 0.405. The van der Waals surface area contributed by atoms with Crippen molar-refractivity contribution in [3.8, 4) is 0 Å². The van der Waals surface area contributed by atoms with Crippen LogP contribution in [0.2, 0.25) is 0 Å². The first-order valence-corrected chi connectivity index (χ1v) is 6.28. The van der Waals surface area contributed by atoms with E-state index in [1.165, 1.54) is 9.13 Å². The zero-order valence-corrected chi connectivity index (χ0v) is 11.0. The maximum absolute atomic E-state index is 6.23. The fraction of sp³-hybridized carbons (Fsp3) is 0.500. The minimum Gasteiger partial charge on any atom is -0.324 e. The number of benzene rings is 1. The second-order valence-corrected chi connectivity index (χ2v) is 4.90. The largest absolute Gasteiger partial charge is 0.324 e. The normalized spacial score (nSPS) is 13.2. The standard InChI is InChI=1S/C12H18IN/c1-3-9(4-2)12(14)10-6-5-7-11(13)8-10/h5-9,12H,3-4,14H2,1-2H3. The highest BCUT2D eigenvalue weighted by atomic mass is 127. The van der Waals surface area contributed by atoms with Crippen LogP contribution in [0.4, 0.5) is 0 Å². The third-order valence-electron chi connectivity index (χ3n) is 2.79. The summed E-state index contributed by atoms with van der Waals surface area (Å²) in [5.74, 6) is 0.605. The molecule has 0 heterocycles. The first-order valence-electron chi connectivity index (χ1n) is 5.20. The van der Waals surface area contributed by atoms with Gasteiger partial charge in [-0.15, -0.1) is 0 Å². The van der Waals surface area contributed by atoms with E-state index in [2.05, 4.69) is 60.7 Å². The van der Waals surface area contributed by atoms with Gasteiger partial charge in [0, 0.05) is 9.61 Å². The van der Waals surface area contributed by atoms with Crippen molar-refractivity contribution in [3.63, 3.8) is 0 Å². The van der Waals surface area contributed by atoms with Gasteiger partial charge in [0.2, 0.25) is 0 Å². The Morgan fingerprint density at radius 3 is 2.43 bits per heavy atom. The summed E-state index contributed by atoms with van der Waals surface area (Å²) >= 11 is 2.33. The molecule has 1 atom stereocenters. The summed E-state index contributed by atoms with van der Waals surface area (Å²) in [4.78, 5) is 0. The van der Waals surface area contributed by atoms with E-state index in [-0.39, 0.29) is 6.04 Å². The Labute approximate surface area is 100 Å². The molecule has 2 heteroatoms. The van der Waals surface area contributed by atoms with Gasteiger partial charge in [0.15, 0.2) is 0 Å². The molecule has 0 aliphatic carbocycles. The quantitative estimate of drug-likeness (QED) is 0.843. The van der Waals surface area contributed by atoms with Gasteiger partial charge in [-0.2, -0.15) is 0 Å².